The van der Waals surface area contributed by atoms with Crippen LogP contribution in [0.2, 0.25) is 0 Å². The van der Waals surface area contributed by atoms with Crippen molar-refractivity contribution in [3.8, 4) is 5.75 Å². The molecule has 27 heavy (non-hydrogen) atoms. The van der Waals surface area contributed by atoms with E-state index in [1.54, 1.807) is 24.3 Å². The number of phenolic OH excluding ortho intramolecular Hbond substituents is 1. The minimum Gasteiger partial charge on any atom is -0.507 e. The van der Waals surface area contributed by atoms with E-state index in [2.05, 4.69) is 21.2 Å². The van der Waals surface area contributed by atoms with Crippen molar-refractivity contribution in [3.05, 3.63) is 63.0 Å². The molecule has 0 atom stereocenters. The normalized spacial score (nSPS) is 15.5. The van der Waals surface area contributed by atoms with Crippen molar-refractivity contribution in [2.75, 3.05) is 11.9 Å². The molecule has 2 N–H and O–H groups in total. The fraction of sp³-hybridized carbons (Fsp3) is 0.105. The Kier molecular flexibility index (Phi) is 5.98. The quantitative estimate of drug-likeness (QED) is 0.523. The van der Waals surface area contributed by atoms with Gasteiger partial charge in [0, 0.05) is 15.7 Å². The summed E-state index contributed by atoms with van der Waals surface area (Å²) in [6, 6.07) is 12.3. The van der Waals surface area contributed by atoms with E-state index in [1.807, 2.05) is 25.1 Å². The summed E-state index contributed by atoms with van der Waals surface area (Å²) in [5.41, 5.74) is 2.18. The lowest BCUT2D eigenvalue weighted by molar-refractivity contribution is -0.126. The van der Waals surface area contributed by atoms with Crippen LogP contribution in [0, 0.1) is 6.92 Å². The Morgan fingerprint density at radius 1 is 1.33 bits per heavy atom. The molecule has 0 saturated carbocycles. The van der Waals surface area contributed by atoms with Gasteiger partial charge >= 0.3 is 0 Å². The number of nitrogens with zero attached hydrogens (tertiary/aromatic N) is 1. The molecule has 5 nitrogen and oxygen atoms in total. The molecule has 8 heteroatoms. The Morgan fingerprint density at radius 2 is 2.11 bits per heavy atom. The van der Waals surface area contributed by atoms with Crippen molar-refractivity contribution in [2.45, 2.75) is 6.92 Å². The average molecular weight is 463 g/mol. The molecule has 0 unspecified atom stereocenters. The third-order valence-corrected chi connectivity index (χ3v) is 5.62. The number of thiocarbonyl (C=S) groups is 1. The molecule has 0 aromatic heterocycles. The molecule has 3 rings (SSSR count). The van der Waals surface area contributed by atoms with Crippen molar-refractivity contribution < 1.29 is 14.7 Å². The van der Waals surface area contributed by atoms with Crippen molar-refractivity contribution >= 4 is 67.8 Å². The number of carbonyl (C=O) groups is 2. The first-order chi connectivity index (χ1) is 12.8. The largest absolute Gasteiger partial charge is 0.507 e. The first-order valence-corrected chi connectivity index (χ1v) is 9.95. The Labute approximate surface area is 174 Å². The maximum atomic E-state index is 12.6. The molecule has 1 aliphatic rings. The predicted molar refractivity (Wildman–Crippen MR) is 115 cm³/mol. The molecule has 0 radical (unpaired) electrons. The van der Waals surface area contributed by atoms with Gasteiger partial charge < -0.3 is 10.4 Å². The van der Waals surface area contributed by atoms with E-state index >= 15 is 0 Å². The highest BCUT2D eigenvalue weighted by atomic mass is 79.9. The fourth-order valence-corrected chi connectivity index (χ4v) is 4.11. The molecule has 1 aliphatic heterocycles. The number of thioether (sulfide) groups is 1. The van der Waals surface area contributed by atoms with Crippen LogP contribution in [-0.4, -0.2) is 32.7 Å². The van der Waals surface area contributed by atoms with E-state index in [0.717, 1.165) is 21.8 Å². The summed E-state index contributed by atoms with van der Waals surface area (Å²) in [7, 11) is 0. The van der Waals surface area contributed by atoms with Crippen LogP contribution in [0.15, 0.2) is 51.8 Å². The van der Waals surface area contributed by atoms with Crippen LogP contribution in [-0.2, 0) is 9.59 Å². The highest BCUT2D eigenvalue weighted by molar-refractivity contribution is 9.10. The van der Waals surface area contributed by atoms with Gasteiger partial charge in [-0.3, -0.25) is 14.5 Å². The average Bonchev–Trinajstić information content (AvgIpc) is 2.85. The molecule has 0 bridgehead atoms. The summed E-state index contributed by atoms with van der Waals surface area (Å²) < 4.78 is 1.08. The number of aromatic hydroxyl groups is 1. The lowest BCUT2D eigenvalue weighted by atomic mass is 10.2. The molecule has 1 saturated heterocycles. The van der Waals surface area contributed by atoms with Crippen LogP contribution < -0.4 is 5.32 Å². The molecular formula is C19H15BrN2O3S2. The van der Waals surface area contributed by atoms with E-state index < -0.39 is 0 Å². The van der Waals surface area contributed by atoms with Crippen molar-refractivity contribution in [2.24, 2.45) is 0 Å². The number of benzene rings is 2. The zero-order valence-corrected chi connectivity index (χ0v) is 17.5. The fourth-order valence-electron chi connectivity index (χ4n) is 2.49. The highest BCUT2D eigenvalue weighted by Crippen LogP contribution is 2.34. The second-order valence-corrected chi connectivity index (χ2v) is 8.48. The first-order valence-electron chi connectivity index (χ1n) is 7.94. The minimum atomic E-state index is -0.358. The lowest BCUT2D eigenvalue weighted by Crippen LogP contribution is -2.36. The number of rotatable bonds is 4. The molecule has 1 fully saturated rings. The van der Waals surface area contributed by atoms with Gasteiger partial charge in [-0.2, -0.15) is 0 Å². The molecule has 0 aliphatic carbocycles. The molecule has 2 amide bonds. The van der Waals surface area contributed by atoms with Crippen molar-refractivity contribution in [3.63, 3.8) is 0 Å². The van der Waals surface area contributed by atoms with E-state index in [-0.39, 0.29) is 24.1 Å². The number of nitrogens with one attached hydrogen (secondary N) is 1. The van der Waals surface area contributed by atoms with Gasteiger partial charge in [-0.05, 0) is 48.9 Å². The number of anilines is 1. The topological polar surface area (TPSA) is 69.6 Å². The smallest absolute Gasteiger partial charge is 0.266 e. The maximum Gasteiger partial charge on any atom is 0.266 e. The van der Waals surface area contributed by atoms with Gasteiger partial charge in [-0.15, -0.1) is 0 Å². The molecule has 0 spiro atoms. The number of carbonyl (C=O) groups excluding carboxylic acids is 2. The Bertz CT molecular complexity index is 975. The molecular weight excluding hydrogens is 448 g/mol. The monoisotopic (exact) mass is 462 g/mol. The molecule has 2 aromatic carbocycles. The second-order valence-electron chi connectivity index (χ2n) is 5.89. The predicted octanol–water partition coefficient (Wildman–Crippen LogP) is 4.30. The summed E-state index contributed by atoms with van der Waals surface area (Å²) in [6.45, 7) is 1.76. The van der Waals surface area contributed by atoms with Crippen LogP contribution in [0.3, 0.4) is 0 Å². The van der Waals surface area contributed by atoms with E-state index in [4.69, 9.17) is 12.2 Å². The van der Waals surface area contributed by atoms with Gasteiger partial charge in [-0.25, -0.2) is 0 Å². The maximum absolute atomic E-state index is 12.6. The lowest BCUT2D eigenvalue weighted by Gasteiger charge is -2.14. The Balaban J connectivity index is 1.73. The van der Waals surface area contributed by atoms with Crippen LogP contribution in [0.1, 0.15) is 11.1 Å². The Morgan fingerprint density at radius 3 is 2.85 bits per heavy atom. The van der Waals surface area contributed by atoms with Crippen LogP contribution in [0.4, 0.5) is 5.69 Å². The van der Waals surface area contributed by atoms with Crippen LogP contribution in [0.25, 0.3) is 6.08 Å². The third kappa shape index (κ3) is 4.77. The molecule has 138 valence electrons. The number of halogens is 1. The third-order valence-electron chi connectivity index (χ3n) is 3.75. The zero-order valence-electron chi connectivity index (χ0n) is 14.2. The van der Waals surface area contributed by atoms with Gasteiger partial charge in [0.2, 0.25) is 5.91 Å². The Hall–Kier alpha value is -2.16. The van der Waals surface area contributed by atoms with E-state index in [1.165, 1.54) is 11.0 Å². The summed E-state index contributed by atoms with van der Waals surface area (Å²) in [4.78, 5) is 26.5. The number of phenols is 1. The number of hydrogen-bond acceptors (Lipinski definition) is 5. The van der Waals surface area contributed by atoms with Gasteiger partial charge in [-0.1, -0.05) is 52.0 Å². The van der Waals surface area contributed by atoms with Gasteiger partial charge in [0.25, 0.3) is 5.91 Å². The first kappa shape index (κ1) is 19.6. The number of amides is 2. The van der Waals surface area contributed by atoms with E-state index in [9.17, 15) is 14.7 Å². The standard InChI is InChI=1S/C19H15BrN2O3S2/c1-11-3-2-4-14(7-11)21-17(24)10-22-18(25)16(27-19(22)26)9-12-8-13(20)5-6-15(12)23/h2-9,23H,10H2,1H3,(H,21,24)/b16-9-. The zero-order chi connectivity index (χ0) is 19.6. The minimum absolute atomic E-state index is 0.0562. The van der Waals surface area contributed by atoms with Crippen molar-refractivity contribution in [1.29, 1.82) is 0 Å². The van der Waals surface area contributed by atoms with E-state index in [0.29, 0.717) is 20.5 Å². The number of aryl methyl sites for hydroxylation is 1. The van der Waals surface area contributed by atoms with Gasteiger partial charge in [0.1, 0.15) is 16.6 Å². The summed E-state index contributed by atoms with van der Waals surface area (Å²) in [5.74, 6) is -0.632. The molecule has 1 heterocycles. The summed E-state index contributed by atoms with van der Waals surface area (Å²) >= 11 is 9.69. The highest BCUT2D eigenvalue weighted by Gasteiger charge is 2.33. The van der Waals surface area contributed by atoms with Gasteiger partial charge in [0.05, 0.1) is 4.91 Å². The van der Waals surface area contributed by atoms with Crippen LogP contribution in [0.5, 0.6) is 5.75 Å². The second kappa shape index (κ2) is 8.24. The van der Waals surface area contributed by atoms with Crippen molar-refractivity contribution in [1.82, 2.24) is 4.90 Å². The summed E-state index contributed by atoms with van der Waals surface area (Å²) in [5, 5.41) is 12.7. The SMILES string of the molecule is Cc1cccc(NC(=O)CN2C(=O)/C(=C/c3cc(Br)ccc3O)SC2=S)c1. The summed E-state index contributed by atoms with van der Waals surface area (Å²) in [6.07, 6.45) is 1.57. The van der Waals surface area contributed by atoms with Crippen LogP contribution >= 0.6 is 39.9 Å². The number of hydrogen-bond donors (Lipinski definition) is 2. The van der Waals surface area contributed by atoms with Gasteiger partial charge in [0.15, 0.2) is 0 Å². The molecule has 2 aromatic rings.